The highest BCUT2D eigenvalue weighted by Crippen LogP contribution is 2.73. The summed E-state index contributed by atoms with van der Waals surface area (Å²) < 4.78 is 28.4. The number of carbonyl (C=O) groups is 5. The van der Waals surface area contributed by atoms with Gasteiger partial charge in [-0.25, -0.2) is 9.59 Å². The number of carbonyl (C=O) groups excluding carboxylic acids is 5. The van der Waals surface area contributed by atoms with Crippen molar-refractivity contribution in [3.63, 3.8) is 0 Å². The van der Waals surface area contributed by atoms with Gasteiger partial charge in [0.1, 0.15) is 11.5 Å². The van der Waals surface area contributed by atoms with Crippen LogP contribution < -0.4 is 9.47 Å². The molecule has 0 heterocycles. The summed E-state index contributed by atoms with van der Waals surface area (Å²) in [6, 6.07) is 7.82. The van der Waals surface area contributed by atoms with Crippen LogP contribution in [0.3, 0.4) is 0 Å². The van der Waals surface area contributed by atoms with Gasteiger partial charge in [-0.3, -0.25) is 14.4 Å². The van der Waals surface area contributed by atoms with Gasteiger partial charge in [0, 0.05) is 28.4 Å². The van der Waals surface area contributed by atoms with Gasteiger partial charge in [0.2, 0.25) is 0 Å². The van der Waals surface area contributed by atoms with E-state index in [2.05, 4.69) is 13.2 Å². The van der Waals surface area contributed by atoms with Crippen molar-refractivity contribution in [2.45, 2.75) is 100 Å². The number of aryl methyl sites for hydroxylation is 6. The van der Waals surface area contributed by atoms with Gasteiger partial charge >= 0.3 is 29.8 Å². The van der Waals surface area contributed by atoms with Crippen LogP contribution in [-0.2, 0) is 38.2 Å². The smallest absolute Gasteiger partial charge is 0.339 e. The Bertz CT molecular complexity index is 1960. The molecule has 6 rings (SSSR count). The first-order chi connectivity index (χ1) is 25.8. The number of ether oxygens (including phenoxy) is 5. The molecule has 0 aromatic heterocycles. The molecule has 0 amide bonds. The Morgan fingerprint density at radius 2 is 1.04 bits per heavy atom. The van der Waals surface area contributed by atoms with Gasteiger partial charge in [0.25, 0.3) is 0 Å². The van der Waals surface area contributed by atoms with Crippen molar-refractivity contribution < 1.29 is 47.7 Å². The SMILES string of the molecule is C=C(C(=O)Oc1c(C)cc(C)cc1C)C12CC1CC(C)(C(=O)OCCCOC(=O)C1(C(=O)OCC)CC3CC3(C(=C)C(=O)Oc3c(C)cc(C)cc3C)C1)C2. The largest absolute Gasteiger partial charge is 0.465 e. The van der Waals surface area contributed by atoms with Crippen molar-refractivity contribution in [2.75, 3.05) is 19.8 Å². The molecule has 2 aromatic rings. The van der Waals surface area contributed by atoms with Crippen molar-refractivity contribution in [1.29, 1.82) is 0 Å². The molecule has 10 heteroatoms. The van der Waals surface area contributed by atoms with Crippen LogP contribution in [0.2, 0.25) is 0 Å². The Hall–Kier alpha value is -4.73. The molecule has 2 aromatic carbocycles. The lowest BCUT2D eigenvalue weighted by Crippen LogP contribution is -2.42. The van der Waals surface area contributed by atoms with Gasteiger partial charge in [-0.05, 0) is 128 Å². The summed E-state index contributed by atoms with van der Waals surface area (Å²) in [5.74, 6) is -1.80. The molecule has 55 heavy (non-hydrogen) atoms. The normalized spacial score (nSPS) is 28.3. The third kappa shape index (κ3) is 7.13. The molecule has 10 nitrogen and oxygen atoms in total. The zero-order valence-electron chi connectivity index (χ0n) is 33.5. The fourth-order valence-electron chi connectivity index (χ4n) is 9.92. The van der Waals surface area contributed by atoms with E-state index in [9.17, 15) is 24.0 Å². The Kier molecular flexibility index (Phi) is 10.5. The zero-order valence-corrected chi connectivity index (χ0v) is 33.5. The van der Waals surface area contributed by atoms with Crippen molar-refractivity contribution in [2.24, 2.45) is 33.5 Å². The van der Waals surface area contributed by atoms with E-state index in [1.54, 1.807) is 6.92 Å². The molecule has 0 N–H and O–H groups in total. The summed E-state index contributed by atoms with van der Waals surface area (Å²) in [6.45, 7) is 23.3. The molecule has 6 atom stereocenters. The molecule has 4 aliphatic carbocycles. The molecular formula is C45H54O10. The predicted molar refractivity (Wildman–Crippen MR) is 204 cm³/mol. The van der Waals surface area contributed by atoms with Gasteiger partial charge in [-0.2, -0.15) is 0 Å². The zero-order chi connectivity index (χ0) is 40.2. The highest BCUT2D eigenvalue weighted by atomic mass is 16.6. The summed E-state index contributed by atoms with van der Waals surface area (Å²) >= 11 is 0. The van der Waals surface area contributed by atoms with Crippen LogP contribution in [0.5, 0.6) is 11.5 Å². The van der Waals surface area contributed by atoms with Gasteiger partial charge in [0.15, 0.2) is 5.41 Å². The first-order valence-electron chi connectivity index (χ1n) is 19.3. The van der Waals surface area contributed by atoms with E-state index in [1.807, 2.05) is 72.7 Å². The molecule has 0 bridgehead atoms. The van der Waals surface area contributed by atoms with Gasteiger partial charge < -0.3 is 23.7 Å². The molecule has 6 unspecified atom stereocenters. The minimum atomic E-state index is -1.58. The second-order valence-corrected chi connectivity index (χ2v) is 17.1. The van der Waals surface area contributed by atoms with E-state index in [1.165, 1.54) is 0 Å². The third-order valence-electron chi connectivity index (χ3n) is 12.7. The minimum Gasteiger partial charge on any atom is -0.465 e. The summed E-state index contributed by atoms with van der Waals surface area (Å²) in [4.78, 5) is 67.1. The van der Waals surface area contributed by atoms with E-state index in [-0.39, 0.29) is 62.5 Å². The number of fused-ring (bicyclic) bond motifs is 2. The second kappa shape index (κ2) is 14.4. The number of hydrogen-bond acceptors (Lipinski definition) is 10. The highest BCUT2D eigenvalue weighted by Gasteiger charge is 2.73. The number of benzene rings is 2. The van der Waals surface area contributed by atoms with Crippen LogP contribution in [0.25, 0.3) is 0 Å². The van der Waals surface area contributed by atoms with Crippen LogP contribution >= 0.6 is 0 Å². The Labute approximate surface area is 324 Å². The summed E-state index contributed by atoms with van der Waals surface area (Å²) in [7, 11) is 0. The van der Waals surface area contributed by atoms with Crippen molar-refractivity contribution >= 4 is 29.8 Å². The van der Waals surface area contributed by atoms with Gasteiger partial charge in [0.05, 0.1) is 25.2 Å². The molecule has 0 radical (unpaired) electrons. The number of hydrogen-bond donors (Lipinski definition) is 0. The van der Waals surface area contributed by atoms with Gasteiger partial charge in [-0.15, -0.1) is 0 Å². The second-order valence-electron chi connectivity index (χ2n) is 17.1. The summed E-state index contributed by atoms with van der Waals surface area (Å²) in [6.07, 6.45) is 2.84. The van der Waals surface area contributed by atoms with Crippen molar-refractivity contribution in [3.8, 4) is 11.5 Å². The fraction of sp³-hybridized carbons (Fsp3) is 0.533. The maximum absolute atomic E-state index is 13.7. The number of rotatable bonds is 14. The predicted octanol–water partition coefficient (Wildman–Crippen LogP) is 7.79. The lowest BCUT2D eigenvalue weighted by molar-refractivity contribution is -0.173. The van der Waals surface area contributed by atoms with E-state index in [0.717, 1.165) is 39.8 Å². The Balaban J connectivity index is 1.01. The topological polar surface area (TPSA) is 132 Å². The maximum atomic E-state index is 13.7. The van der Waals surface area contributed by atoms with E-state index < -0.39 is 45.5 Å². The molecular weight excluding hydrogens is 700 g/mol. The van der Waals surface area contributed by atoms with E-state index in [4.69, 9.17) is 23.7 Å². The highest BCUT2D eigenvalue weighted by molar-refractivity contribution is 6.02. The quantitative estimate of drug-likeness (QED) is 0.0470. The molecule has 4 saturated carbocycles. The Morgan fingerprint density at radius 1 is 0.618 bits per heavy atom. The van der Waals surface area contributed by atoms with Gasteiger partial charge in [-0.1, -0.05) is 48.6 Å². The van der Waals surface area contributed by atoms with E-state index in [0.29, 0.717) is 36.3 Å². The molecule has 0 spiro atoms. The molecule has 4 fully saturated rings. The van der Waals surface area contributed by atoms with Crippen LogP contribution in [0.1, 0.15) is 92.2 Å². The van der Waals surface area contributed by atoms with Crippen molar-refractivity contribution in [1.82, 2.24) is 0 Å². The standard InChI is InChI=1S/C45H54O10/c1-11-51-40(49)45(22-34-21-44(34,24-45)32(9)38(47)55-36-29(6)17-26(3)18-30(36)7)41(50)53-14-12-13-52-39(48)42(10)19-33-20-43(33,23-42)31(8)37(46)54-35-27(4)15-25(2)16-28(35)5/h15-18,33-34H,8-9,11-14,19-24H2,1-7,10H3. The van der Waals surface area contributed by atoms with Crippen LogP contribution in [0, 0.1) is 75.0 Å². The summed E-state index contributed by atoms with van der Waals surface area (Å²) in [5, 5.41) is 0. The number of esters is 5. The first kappa shape index (κ1) is 39.9. The van der Waals surface area contributed by atoms with Crippen LogP contribution in [0.4, 0.5) is 0 Å². The van der Waals surface area contributed by atoms with Crippen LogP contribution in [-0.4, -0.2) is 49.7 Å². The van der Waals surface area contributed by atoms with Crippen molar-refractivity contribution in [3.05, 3.63) is 82.0 Å². The average molecular weight is 755 g/mol. The monoisotopic (exact) mass is 754 g/mol. The third-order valence-corrected chi connectivity index (χ3v) is 12.7. The Morgan fingerprint density at radius 3 is 1.51 bits per heavy atom. The molecule has 4 aliphatic rings. The van der Waals surface area contributed by atoms with Crippen LogP contribution in [0.15, 0.2) is 48.6 Å². The lowest BCUT2D eigenvalue weighted by Gasteiger charge is -2.28. The first-order valence-corrected chi connectivity index (χ1v) is 19.3. The fourth-order valence-corrected chi connectivity index (χ4v) is 9.92. The minimum absolute atomic E-state index is 0.00773. The lowest BCUT2D eigenvalue weighted by atomic mass is 9.79. The van der Waals surface area contributed by atoms with E-state index >= 15 is 0 Å². The molecule has 294 valence electrons. The average Bonchev–Trinajstić information content (AvgIpc) is 3.92. The molecule has 0 saturated heterocycles. The maximum Gasteiger partial charge on any atom is 0.339 e. The molecule has 0 aliphatic heterocycles. The summed E-state index contributed by atoms with van der Waals surface area (Å²) in [5.41, 5.74) is 2.54.